The van der Waals surface area contributed by atoms with Crippen LogP contribution in [0.5, 0.6) is 0 Å². The molecule has 114 valence electrons. The molecule has 0 bridgehead atoms. The van der Waals surface area contributed by atoms with Crippen LogP contribution in [0.15, 0.2) is 36.7 Å². The van der Waals surface area contributed by atoms with E-state index in [1.165, 1.54) is 0 Å². The number of hydrogen-bond donors (Lipinski definition) is 5. The number of nitrogens with zero attached hydrogens (tertiary/aromatic N) is 1. The summed E-state index contributed by atoms with van der Waals surface area (Å²) in [5.74, 6) is 0.882. The van der Waals surface area contributed by atoms with Crippen molar-refractivity contribution >= 4 is 17.3 Å². The largest absolute Gasteiger partial charge is 0.383 e. The second-order valence-electron chi connectivity index (χ2n) is 5.94. The Morgan fingerprint density at radius 1 is 1.19 bits per heavy atom. The summed E-state index contributed by atoms with van der Waals surface area (Å²) in [6.45, 7) is 5.76. The lowest BCUT2D eigenvalue weighted by atomic mass is 9.94. The number of hydrazine groups is 1. The van der Waals surface area contributed by atoms with Crippen LogP contribution in [0.2, 0.25) is 0 Å². The molecule has 0 aliphatic carbocycles. The van der Waals surface area contributed by atoms with Crippen molar-refractivity contribution < 1.29 is 4.57 Å². The fraction of sp³-hybridized carbons (Fsp3) is 0.400. The molecule has 0 atom stereocenters. The maximum absolute atomic E-state index is 5.77. The van der Waals surface area contributed by atoms with Crippen LogP contribution in [0.3, 0.4) is 0 Å². The fourth-order valence-corrected chi connectivity index (χ4v) is 1.81. The lowest BCUT2D eigenvalue weighted by Gasteiger charge is -2.24. The van der Waals surface area contributed by atoms with E-state index in [4.69, 9.17) is 5.73 Å². The third-order valence-corrected chi connectivity index (χ3v) is 3.42. The molecule has 0 unspecified atom stereocenters. The summed E-state index contributed by atoms with van der Waals surface area (Å²) in [6.07, 6.45) is 3.82. The SMILES string of the molecule is C[n+]1cc[nH]c1NNc1ccccc1NCC(C)(C)CN. The van der Waals surface area contributed by atoms with E-state index < -0.39 is 0 Å². The molecule has 0 saturated heterocycles. The molecule has 0 radical (unpaired) electrons. The molecule has 0 aliphatic rings. The molecule has 6 N–H and O–H groups in total. The average Bonchev–Trinajstić information content (AvgIpc) is 2.89. The van der Waals surface area contributed by atoms with Crippen LogP contribution < -0.4 is 26.5 Å². The van der Waals surface area contributed by atoms with Gasteiger partial charge in [0.1, 0.15) is 0 Å². The van der Waals surface area contributed by atoms with Gasteiger partial charge in [-0.05, 0) is 24.1 Å². The number of benzene rings is 1. The molecule has 0 spiro atoms. The van der Waals surface area contributed by atoms with Crippen molar-refractivity contribution in [3.63, 3.8) is 0 Å². The summed E-state index contributed by atoms with van der Waals surface area (Å²) >= 11 is 0. The van der Waals surface area contributed by atoms with Crippen molar-refractivity contribution in [2.24, 2.45) is 18.2 Å². The smallest absolute Gasteiger partial charge is 0.376 e. The standard InChI is InChI=1S/C15H24N6/c1-15(2,10-16)11-18-12-6-4-5-7-13(12)19-20-14-17-8-9-21(14)3/h4-9,18-19H,10-11,16H2,1-3H3,(H,17,20)/p+1. The fourth-order valence-electron chi connectivity index (χ4n) is 1.81. The van der Waals surface area contributed by atoms with Gasteiger partial charge in [0.25, 0.3) is 0 Å². The van der Waals surface area contributed by atoms with Gasteiger partial charge in [0.15, 0.2) is 0 Å². The molecule has 21 heavy (non-hydrogen) atoms. The lowest BCUT2D eigenvalue weighted by molar-refractivity contribution is -0.655. The first kappa shape index (κ1) is 15.2. The predicted molar refractivity (Wildman–Crippen MR) is 87.0 cm³/mol. The maximum Gasteiger partial charge on any atom is 0.376 e. The summed E-state index contributed by atoms with van der Waals surface area (Å²) in [5.41, 5.74) is 14.2. The minimum absolute atomic E-state index is 0.0619. The van der Waals surface area contributed by atoms with E-state index in [1.807, 2.05) is 48.3 Å². The summed E-state index contributed by atoms with van der Waals surface area (Å²) in [5, 5.41) is 3.45. The first-order valence-corrected chi connectivity index (χ1v) is 7.10. The molecular formula is C15H25N6+. The number of hydrogen-bond acceptors (Lipinski definition) is 4. The number of nitrogens with one attached hydrogen (secondary N) is 4. The Kier molecular flexibility index (Phi) is 4.70. The highest BCUT2D eigenvalue weighted by Crippen LogP contribution is 2.23. The average molecular weight is 289 g/mol. The van der Waals surface area contributed by atoms with Gasteiger partial charge >= 0.3 is 5.95 Å². The topological polar surface area (TPSA) is 81.8 Å². The highest BCUT2D eigenvalue weighted by atomic mass is 15.4. The number of aryl methyl sites for hydroxylation is 1. The zero-order valence-electron chi connectivity index (χ0n) is 12.9. The van der Waals surface area contributed by atoms with Crippen molar-refractivity contribution in [3.8, 4) is 0 Å². The number of anilines is 3. The van der Waals surface area contributed by atoms with Crippen molar-refractivity contribution in [1.29, 1.82) is 0 Å². The van der Waals surface area contributed by atoms with Gasteiger partial charge < -0.3 is 11.1 Å². The minimum Gasteiger partial charge on any atom is -0.383 e. The van der Waals surface area contributed by atoms with Crippen molar-refractivity contribution in [3.05, 3.63) is 36.7 Å². The molecule has 0 amide bonds. The first-order valence-electron chi connectivity index (χ1n) is 7.10. The second kappa shape index (κ2) is 6.49. The van der Waals surface area contributed by atoms with E-state index in [2.05, 4.69) is 35.0 Å². The summed E-state index contributed by atoms with van der Waals surface area (Å²) in [4.78, 5) is 3.11. The number of para-hydroxylation sites is 2. The molecule has 6 nitrogen and oxygen atoms in total. The van der Waals surface area contributed by atoms with Gasteiger partial charge in [-0.15, -0.1) is 0 Å². The quantitative estimate of drug-likeness (QED) is 0.397. The summed E-state index contributed by atoms with van der Waals surface area (Å²) in [7, 11) is 1.97. The molecule has 6 heteroatoms. The Balaban J connectivity index is 2.01. The molecule has 1 aromatic heterocycles. The highest BCUT2D eigenvalue weighted by Gasteiger charge is 2.16. The predicted octanol–water partition coefficient (Wildman–Crippen LogP) is 1.67. The van der Waals surface area contributed by atoms with Gasteiger partial charge in [-0.2, -0.15) is 5.43 Å². The number of rotatable bonds is 7. The van der Waals surface area contributed by atoms with Gasteiger partial charge in [-0.1, -0.05) is 26.0 Å². The monoisotopic (exact) mass is 289 g/mol. The van der Waals surface area contributed by atoms with Gasteiger partial charge in [0.2, 0.25) is 0 Å². The van der Waals surface area contributed by atoms with Crippen molar-refractivity contribution in [2.45, 2.75) is 13.8 Å². The number of H-pyrrole nitrogens is 1. The first-order chi connectivity index (χ1) is 10.0. The molecule has 1 aromatic carbocycles. The van der Waals surface area contributed by atoms with Gasteiger partial charge in [0, 0.05) is 6.54 Å². The Bertz CT molecular complexity index is 575. The third kappa shape index (κ3) is 4.13. The normalized spacial score (nSPS) is 11.2. The van der Waals surface area contributed by atoms with Crippen LogP contribution in [0.4, 0.5) is 17.3 Å². The minimum atomic E-state index is 0.0619. The summed E-state index contributed by atoms with van der Waals surface area (Å²) < 4.78 is 1.96. The Morgan fingerprint density at radius 3 is 2.52 bits per heavy atom. The van der Waals surface area contributed by atoms with Crippen LogP contribution in [0, 0.1) is 5.41 Å². The number of aromatic amines is 1. The molecule has 2 aromatic rings. The molecule has 0 saturated carbocycles. The van der Waals surface area contributed by atoms with Crippen LogP contribution >= 0.6 is 0 Å². The van der Waals surface area contributed by atoms with Crippen molar-refractivity contribution in [1.82, 2.24) is 4.98 Å². The van der Waals surface area contributed by atoms with E-state index in [1.54, 1.807) is 0 Å². The lowest BCUT2D eigenvalue weighted by Crippen LogP contribution is -2.32. The molecular weight excluding hydrogens is 264 g/mol. The van der Waals surface area contributed by atoms with Crippen LogP contribution in [0.1, 0.15) is 13.8 Å². The zero-order valence-corrected chi connectivity index (χ0v) is 12.9. The Labute approximate surface area is 125 Å². The molecule has 0 aliphatic heterocycles. The number of aromatic nitrogens is 2. The molecule has 1 heterocycles. The van der Waals surface area contributed by atoms with E-state index in [0.29, 0.717) is 6.54 Å². The van der Waals surface area contributed by atoms with Gasteiger partial charge in [-0.25, -0.2) is 15.0 Å². The van der Waals surface area contributed by atoms with Gasteiger partial charge in [-0.3, -0.25) is 0 Å². The molecule has 2 rings (SSSR count). The van der Waals surface area contributed by atoms with E-state index in [0.717, 1.165) is 23.9 Å². The molecule has 0 fully saturated rings. The zero-order chi connectivity index (χ0) is 15.3. The van der Waals surface area contributed by atoms with Gasteiger partial charge in [0.05, 0.1) is 30.8 Å². The Morgan fingerprint density at radius 2 is 1.90 bits per heavy atom. The number of imidazole rings is 1. The number of nitrogens with two attached hydrogens (primary N) is 1. The van der Waals surface area contributed by atoms with E-state index in [-0.39, 0.29) is 5.41 Å². The van der Waals surface area contributed by atoms with Crippen LogP contribution in [-0.2, 0) is 7.05 Å². The van der Waals surface area contributed by atoms with Crippen molar-refractivity contribution in [2.75, 3.05) is 29.3 Å². The van der Waals surface area contributed by atoms with Crippen LogP contribution in [0.25, 0.3) is 0 Å². The highest BCUT2D eigenvalue weighted by molar-refractivity contribution is 5.69. The Hall–Kier alpha value is -2.21. The van der Waals surface area contributed by atoms with E-state index >= 15 is 0 Å². The third-order valence-electron chi connectivity index (χ3n) is 3.42. The van der Waals surface area contributed by atoms with E-state index in [9.17, 15) is 0 Å². The summed E-state index contributed by atoms with van der Waals surface area (Å²) in [6, 6.07) is 8.08. The van der Waals surface area contributed by atoms with Crippen LogP contribution in [-0.4, -0.2) is 18.1 Å². The second-order valence-corrected chi connectivity index (χ2v) is 5.94. The maximum atomic E-state index is 5.77.